The molecule has 5 nitrogen and oxygen atoms in total. The highest BCUT2D eigenvalue weighted by Crippen LogP contribution is 2.20. The molecule has 0 aliphatic carbocycles. The van der Waals surface area contributed by atoms with Crippen molar-refractivity contribution in [2.24, 2.45) is 0 Å². The van der Waals surface area contributed by atoms with Gasteiger partial charge in [-0.3, -0.25) is 0 Å². The van der Waals surface area contributed by atoms with E-state index in [2.05, 4.69) is 15.6 Å². The number of amides is 2. The molecule has 0 bridgehead atoms. The van der Waals surface area contributed by atoms with E-state index in [1.165, 1.54) is 11.3 Å². The zero-order chi connectivity index (χ0) is 18.4. The van der Waals surface area contributed by atoms with Crippen LogP contribution in [0.4, 0.5) is 10.5 Å². The molecule has 2 amide bonds. The van der Waals surface area contributed by atoms with Gasteiger partial charge in [-0.1, -0.05) is 29.8 Å². The third-order valence-electron chi connectivity index (χ3n) is 3.66. The van der Waals surface area contributed by atoms with Crippen LogP contribution < -0.4 is 15.4 Å². The zero-order valence-corrected chi connectivity index (χ0v) is 15.7. The summed E-state index contributed by atoms with van der Waals surface area (Å²) < 4.78 is 5.69. The van der Waals surface area contributed by atoms with Crippen LogP contribution in [-0.2, 0) is 6.61 Å². The van der Waals surface area contributed by atoms with Crippen molar-refractivity contribution in [3.63, 3.8) is 0 Å². The van der Waals surface area contributed by atoms with Crippen LogP contribution in [0.1, 0.15) is 24.2 Å². The summed E-state index contributed by atoms with van der Waals surface area (Å²) >= 11 is 7.52. The second-order valence-corrected chi connectivity index (χ2v) is 6.83. The molecule has 0 saturated carbocycles. The Labute approximate surface area is 161 Å². The molecule has 3 rings (SSSR count). The number of halogens is 1. The van der Waals surface area contributed by atoms with Crippen molar-refractivity contribution in [2.75, 3.05) is 5.32 Å². The first-order valence-electron chi connectivity index (χ1n) is 8.03. The van der Waals surface area contributed by atoms with Gasteiger partial charge in [0.1, 0.15) is 12.4 Å². The first-order chi connectivity index (χ1) is 12.6. The fraction of sp³-hybridized carbons (Fsp3) is 0.158. The first-order valence-corrected chi connectivity index (χ1v) is 9.35. The number of hydrogen-bond acceptors (Lipinski definition) is 4. The Morgan fingerprint density at radius 1 is 1.27 bits per heavy atom. The van der Waals surface area contributed by atoms with Gasteiger partial charge < -0.3 is 15.4 Å². The van der Waals surface area contributed by atoms with Crippen molar-refractivity contribution in [2.45, 2.75) is 19.6 Å². The van der Waals surface area contributed by atoms with Crippen LogP contribution in [-0.4, -0.2) is 11.0 Å². The molecule has 0 fully saturated rings. The molecule has 0 aliphatic rings. The van der Waals surface area contributed by atoms with Crippen molar-refractivity contribution in [3.05, 3.63) is 75.7 Å². The number of nitrogens with one attached hydrogen (secondary N) is 2. The van der Waals surface area contributed by atoms with Crippen molar-refractivity contribution < 1.29 is 9.53 Å². The van der Waals surface area contributed by atoms with Crippen LogP contribution in [0.25, 0.3) is 0 Å². The molecule has 134 valence electrons. The highest BCUT2D eigenvalue weighted by molar-refractivity contribution is 7.07. The Balaban J connectivity index is 1.56. The number of rotatable bonds is 6. The minimum atomic E-state index is -0.297. The quantitative estimate of drug-likeness (QED) is 0.606. The van der Waals surface area contributed by atoms with Gasteiger partial charge in [-0.2, -0.15) is 0 Å². The maximum Gasteiger partial charge on any atom is 0.319 e. The number of hydrogen-bond donors (Lipinski definition) is 2. The third-order valence-corrected chi connectivity index (χ3v) is 4.53. The summed E-state index contributed by atoms with van der Waals surface area (Å²) in [5.41, 5.74) is 4.23. The van der Waals surface area contributed by atoms with Gasteiger partial charge >= 0.3 is 6.03 Å². The molecule has 0 aliphatic heterocycles. The Bertz CT molecular complexity index is 871. The summed E-state index contributed by atoms with van der Waals surface area (Å²) in [6.07, 6.45) is 0. The molecular formula is C19H18ClN3O2S. The largest absolute Gasteiger partial charge is 0.487 e. The summed E-state index contributed by atoms with van der Waals surface area (Å²) in [7, 11) is 0. The Kier molecular flexibility index (Phi) is 6.09. The molecule has 0 saturated heterocycles. The normalized spacial score (nSPS) is 11.6. The zero-order valence-electron chi connectivity index (χ0n) is 14.1. The Hall–Kier alpha value is -2.57. The molecule has 0 spiro atoms. The fourth-order valence-electron chi connectivity index (χ4n) is 2.35. The van der Waals surface area contributed by atoms with Gasteiger partial charge in [-0.05, 0) is 36.8 Å². The fourth-order valence-corrected chi connectivity index (χ4v) is 3.09. The topological polar surface area (TPSA) is 63.2 Å². The summed E-state index contributed by atoms with van der Waals surface area (Å²) in [5.74, 6) is 0.665. The van der Waals surface area contributed by atoms with Crippen molar-refractivity contribution >= 4 is 34.7 Å². The lowest BCUT2D eigenvalue weighted by Crippen LogP contribution is -2.31. The SMILES string of the molecule is CC(NC(=O)Nc1cccc(OCc2cscn2)c1)c1cccc(Cl)c1. The highest BCUT2D eigenvalue weighted by atomic mass is 35.5. The first kappa shape index (κ1) is 18.2. The van der Waals surface area contributed by atoms with Crippen LogP contribution in [0.2, 0.25) is 5.02 Å². The van der Waals surface area contributed by atoms with Gasteiger partial charge in [0.2, 0.25) is 0 Å². The number of anilines is 1. The van der Waals surface area contributed by atoms with Crippen molar-refractivity contribution in [1.29, 1.82) is 0 Å². The molecule has 1 atom stereocenters. The molecular weight excluding hydrogens is 370 g/mol. The third kappa shape index (κ3) is 5.21. The van der Waals surface area contributed by atoms with Crippen LogP contribution in [0.15, 0.2) is 59.4 Å². The van der Waals surface area contributed by atoms with Crippen LogP contribution >= 0.6 is 22.9 Å². The van der Waals surface area contributed by atoms with Crippen LogP contribution in [0, 0.1) is 0 Å². The molecule has 1 heterocycles. The molecule has 2 N–H and O–H groups in total. The predicted octanol–water partition coefficient (Wildman–Crippen LogP) is 5.26. The summed E-state index contributed by atoms with van der Waals surface area (Å²) in [6, 6.07) is 14.2. The number of thiazole rings is 1. The second kappa shape index (κ2) is 8.69. The number of benzene rings is 2. The summed E-state index contributed by atoms with van der Waals surface area (Å²) in [4.78, 5) is 16.4. The lowest BCUT2D eigenvalue weighted by molar-refractivity contribution is 0.249. The smallest absolute Gasteiger partial charge is 0.319 e. The Morgan fingerprint density at radius 2 is 2.12 bits per heavy atom. The number of ether oxygens (including phenoxy) is 1. The summed E-state index contributed by atoms with van der Waals surface area (Å²) in [6.45, 7) is 2.30. The van der Waals surface area contributed by atoms with E-state index in [4.69, 9.17) is 16.3 Å². The van der Waals surface area contributed by atoms with Gasteiger partial charge in [-0.15, -0.1) is 11.3 Å². The van der Waals surface area contributed by atoms with Gasteiger partial charge in [0.25, 0.3) is 0 Å². The molecule has 7 heteroatoms. The van der Waals surface area contributed by atoms with E-state index in [0.29, 0.717) is 23.1 Å². The van der Waals surface area contributed by atoms with E-state index in [-0.39, 0.29) is 12.1 Å². The van der Waals surface area contributed by atoms with Gasteiger partial charge in [-0.25, -0.2) is 9.78 Å². The second-order valence-electron chi connectivity index (χ2n) is 5.67. The van der Waals surface area contributed by atoms with E-state index in [1.54, 1.807) is 23.7 Å². The average molecular weight is 388 g/mol. The number of carbonyl (C=O) groups is 1. The Morgan fingerprint density at radius 3 is 2.88 bits per heavy atom. The van der Waals surface area contributed by atoms with Gasteiger partial charge in [0, 0.05) is 22.2 Å². The molecule has 2 aromatic carbocycles. The number of nitrogens with zero attached hydrogens (tertiary/aromatic N) is 1. The number of carbonyl (C=O) groups excluding carboxylic acids is 1. The minimum Gasteiger partial charge on any atom is -0.487 e. The van der Waals surface area contributed by atoms with Gasteiger partial charge in [0.05, 0.1) is 17.2 Å². The lowest BCUT2D eigenvalue weighted by Gasteiger charge is -2.15. The monoisotopic (exact) mass is 387 g/mol. The van der Waals surface area contributed by atoms with E-state index in [9.17, 15) is 4.79 Å². The predicted molar refractivity (Wildman–Crippen MR) is 105 cm³/mol. The van der Waals surface area contributed by atoms with Crippen molar-refractivity contribution in [1.82, 2.24) is 10.3 Å². The highest BCUT2D eigenvalue weighted by Gasteiger charge is 2.10. The average Bonchev–Trinajstić information content (AvgIpc) is 3.14. The number of urea groups is 1. The van der Waals surface area contributed by atoms with E-state index in [1.807, 2.05) is 42.6 Å². The molecule has 0 radical (unpaired) electrons. The lowest BCUT2D eigenvalue weighted by atomic mass is 10.1. The molecule has 1 aromatic heterocycles. The standard InChI is InChI=1S/C19H18ClN3O2S/c1-13(14-4-2-5-15(20)8-14)22-19(24)23-16-6-3-7-18(9-16)25-10-17-11-26-12-21-17/h2-9,11-13H,10H2,1H3,(H2,22,23,24). The molecule has 26 heavy (non-hydrogen) atoms. The molecule has 1 unspecified atom stereocenters. The van der Waals surface area contributed by atoms with Crippen LogP contribution in [0.5, 0.6) is 5.75 Å². The minimum absolute atomic E-state index is 0.169. The van der Waals surface area contributed by atoms with Gasteiger partial charge in [0.15, 0.2) is 0 Å². The van der Waals surface area contributed by atoms with Crippen molar-refractivity contribution in [3.8, 4) is 5.75 Å². The van der Waals surface area contributed by atoms with E-state index < -0.39 is 0 Å². The maximum absolute atomic E-state index is 12.2. The van der Waals surface area contributed by atoms with Crippen LogP contribution in [0.3, 0.4) is 0 Å². The van der Waals surface area contributed by atoms with E-state index in [0.717, 1.165) is 11.3 Å². The molecule has 3 aromatic rings. The summed E-state index contributed by atoms with van der Waals surface area (Å²) in [5, 5.41) is 8.28. The van der Waals surface area contributed by atoms with E-state index >= 15 is 0 Å². The number of aromatic nitrogens is 1. The maximum atomic E-state index is 12.2.